The van der Waals surface area contributed by atoms with Crippen LogP contribution >= 0.6 is 0 Å². The summed E-state index contributed by atoms with van der Waals surface area (Å²) in [6, 6.07) is 21.8. The van der Waals surface area contributed by atoms with E-state index in [-0.39, 0.29) is 5.91 Å². The molecule has 1 N–H and O–H groups in total. The van der Waals surface area contributed by atoms with E-state index in [2.05, 4.69) is 33.1 Å². The zero-order chi connectivity index (χ0) is 20.2. The Morgan fingerprint density at radius 1 is 1.03 bits per heavy atom. The highest BCUT2D eigenvalue weighted by Crippen LogP contribution is 2.19. The summed E-state index contributed by atoms with van der Waals surface area (Å²) in [7, 11) is 1.61. The second-order valence-corrected chi connectivity index (χ2v) is 7.05. The summed E-state index contributed by atoms with van der Waals surface area (Å²) in [6.45, 7) is 3.15. The second-order valence-electron chi connectivity index (χ2n) is 7.05. The average Bonchev–Trinajstić information content (AvgIpc) is 3.15. The van der Waals surface area contributed by atoms with Crippen molar-refractivity contribution in [3.63, 3.8) is 0 Å². The van der Waals surface area contributed by atoms with Gasteiger partial charge in [-0.15, -0.1) is 0 Å². The molecule has 0 aliphatic heterocycles. The number of nitrogens with zero attached hydrogens (tertiary/aromatic N) is 2. The number of carbonyl (C=O) groups is 1. The van der Waals surface area contributed by atoms with Gasteiger partial charge in [0.15, 0.2) is 0 Å². The first-order chi connectivity index (χ1) is 14.1. The zero-order valence-corrected chi connectivity index (χ0v) is 16.6. The molecule has 5 nitrogen and oxygen atoms in total. The summed E-state index contributed by atoms with van der Waals surface area (Å²) in [6.07, 6.45) is 1.86. The molecule has 1 amide bonds. The fraction of sp³-hybridized carbons (Fsp3) is 0.167. The lowest BCUT2D eigenvalue weighted by molar-refractivity contribution is 0.0950. The molecule has 0 spiro atoms. The molecule has 0 atom stereocenters. The summed E-state index contributed by atoms with van der Waals surface area (Å²) < 4.78 is 7.44. The first-order valence-electron chi connectivity index (χ1n) is 9.54. The molecule has 0 aliphatic rings. The number of aryl methyl sites for hydroxylation is 1. The van der Waals surface area contributed by atoms with E-state index in [1.54, 1.807) is 13.2 Å². The monoisotopic (exact) mass is 385 g/mol. The summed E-state index contributed by atoms with van der Waals surface area (Å²) in [5.74, 6) is 0.599. The molecular weight excluding hydrogens is 362 g/mol. The zero-order valence-electron chi connectivity index (χ0n) is 16.6. The van der Waals surface area contributed by atoms with E-state index in [4.69, 9.17) is 4.74 Å². The topological polar surface area (TPSA) is 56.1 Å². The number of imidazole rings is 1. The maximum atomic E-state index is 12.5. The quantitative estimate of drug-likeness (QED) is 0.537. The van der Waals surface area contributed by atoms with E-state index in [0.717, 1.165) is 34.3 Å². The van der Waals surface area contributed by atoms with E-state index in [1.165, 1.54) is 0 Å². The molecule has 29 heavy (non-hydrogen) atoms. The van der Waals surface area contributed by atoms with Crippen LogP contribution < -0.4 is 10.1 Å². The van der Waals surface area contributed by atoms with Crippen LogP contribution in [0.4, 0.5) is 0 Å². The Balaban J connectivity index is 1.44. The van der Waals surface area contributed by atoms with Crippen molar-refractivity contribution in [2.45, 2.75) is 20.0 Å². The molecule has 0 unspecified atom stereocenters. The van der Waals surface area contributed by atoms with Crippen LogP contribution in [0.3, 0.4) is 0 Å². The maximum Gasteiger partial charge on any atom is 0.251 e. The smallest absolute Gasteiger partial charge is 0.251 e. The first-order valence-corrected chi connectivity index (χ1v) is 9.54. The van der Waals surface area contributed by atoms with Gasteiger partial charge in [-0.05, 0) is 47.9 Å². The van der Waals surface area contributed by atoms with Crippen molar-refractivity contribution in [1.82, 2.24) is 14.9 Å². The van der Waals surface area contributed by atoms with Gasteiger partial charge < -0.3 is 14.6 Å². The molecule has 4 aromatic rings. The third-order valence-electron chi connectivity index (χ3n) is 4.99. The normalized spacial score (nSPS) is 10.8. The molecule has 0 bridgehead atoms. The van der Waals surface area contributed by atoms with Crippen molar-refractivity contribution in [2.75, 3.05) is 7.11 Å². The van der Waals surface area contributed by atoms with Crippen LogP contribution in [0.15, 0.2) is 73.1 Å². The van der Waals surface area contributed by atoms with E-state index < -0.39 is 0 Å². The number of hydrogen-bond acceptors (Lipinski definition) is 3. The molecule has 1 heterocycles. The minimum Gasteiger partial charge on any atom is -0.496 e. The Kier molecular flexibility index (Phi) is 5.29. The molecule has 0 saturated carbocycles. The van der Waals surface area contributed by atoms with Gasteiger partial charge in [0, 0.05) is 18.7 Å². The number of aromatic nitrogens is 2. The Hall–Kier alpha value is -3.60. The number of nitrogens with one attached hydrogen (secondary N) is 1. The molecule has 0 saturated heterocycles. The Morgan fingerprint density at radius 2 is 1.86 bits per heavy atom. The predicted octanol–water partition coefficient (Wildman–Crippen LogP) is 4.33. The van der Waals surface area contributed by atoms with Crippen molar-refractivity contribution in [3.05, 3.63) is 95.3 Å². The van der Waals surface area contributed by atoms with Gasteiger partial charge in [-0.25, -0.2) is 4.98 Å². The molecule has 146 valence electrons. The summed E-state index contributed by atoms with van der Waals surface area (Å²) in [5, 5.41) is 2.99. The molecule has 0 aliphatic carbocycles. The van der Waals surface area contributed by atoms with E-state index in [0.29, 0.717) is 17.9 Å². The van der Waals surface area contributed by atoms with Crippen LogP contribution in [0.1, 0.15) is 27.0 Å². The Bertz CT molecular complexity index is 1160. The van der Waals surface area contributed by atoms with E-state index in [9.17, 15) is 4.79 Å². The maximum absolute atomic E-state index is 12.5. The lowest BCUT2D eigenvalue weighted by Gasteiger charge is -2.10. The van der Waals surface area contributed by atoms with Crippen LogP contribution in [-0.4, -0.2) is 22.6 Å². The predicted molar refractivity (Wildman–Crippen MR) is 114 cm³/mol. The molecule has 0 fully saturated rings. The first kappa shape index (κ1) is 18.7. The molecule has 3 aromatic carbocycles. The van der Waals surface area contributed by atoms with Gasteiger partial charge in [0.2, 0.25) is 0 Å². The number of amides is 1. The van der Waals surface area contributed by atoms with Gasteiger partial charge >= 0.3 is 0 Å². The number of methoxy groups -OCH3 is 1. The van der Waals surface area contributed by atoms with E-state index in [1.807, 2.05) is 55.7 Å². The van der Waals surface area contributed by atoms with Crippen molar-refractivity contribution in [2.24, 2.45) is 0 Å². The van der Waals surface area contributed by atoms with Crippen LogP contribution in [0.5, 0.6) is 5.75 Å². The Morgan fingerprint density at radius 3 is 2.72 bits per heavy atom. The van der Waals surface area contributed by atoms with Crippen LogP contribution in [0.2, 0.25) is 0 Å². The van der Waals surface area contributed by atoms with Crippen LogP contribution in [0, 0.1) is 6.92 Å². The Labute approximate surface area is 170 Å². The van der Waals surface area contributed by atoms with Crippen molar-refractivity contribution in [3.8, 4) is 5.75 Å². The van der Waals surface area contributed by atoms with Gasteiger partial charge in [-0.3, -0.25) is 4.79 Å². The minimum atomic E-state index is -0.116. The largest absolute Gasteiger partial charge is 0.496 e. The SMILES string of the molecule is COc1cc(C(=O)NCc2cccc(Cn3cnc4ccccc43)c2)ccc1C. The van der Waals surface area contributed by atoms with Gasteiger partial charge in [0.25, 0.3) is 5.91 Å². The number of benzene rings is 3. The van der Waals surface area contributed by atoms with Crippen molar-refractivity contribution < 1.29 is 9.53 Å². The number of hydrogen-bond donors (Lipinski definition) is 1. The lowest BCUT2D eigenvalue weighted by Crippen LogP contribution is -2.22. The van der Waals surface area contributed by atoms with Crippen LogP contribution in [-0.2, 0) is 13.1 Å². The summed E-state index contributed by atoms with van der Waals surface area (Å²) in [4.78, 5) is 17.0. The highest BCUT2D eigenvalue weighted by molar-refractivity contribution is 5.94. The number of para-hydroxylation sites is 2. The number of ether oxygens (including phenoxy) is 1. The van der Waals surface area contributed by atoms with Gasteiger partial charge in [-0.2, -0.15) is 0 Å². The van der Waals surface area contributed by atoms with Gasteiger partial charge in [0.1, 0.15) is 5.75 Å². The highest BCUT2D eigenvalue weighted by Gasteiger charge is 2.09. The van der Waals surface area contributed by atoms with E-state index >= 15 is 0 Å². The highest BCUT2D eigenvalue weighted by atomic mass is 16.5. The molecule has 4 rings (SSSR count). The average molecular weight is 385 g/mol. The minimum absolute atomic E-state index is 0.116. The molecular formula is C24H23N3O2. The molecule has 1 aromatic heterocycles. The number of rotatable bonds is 6. The second kappa shape index (κ2) is 8.19. The number of fused-ring (bicyclic) bond motifs is 1. The summed E-state index contributed by atoms with van der Waals surface area (Å²) >= 11 is 0. The molecule has 0 radical (unpaired) electrons. The third kappa shape index (κ3) is 4.14. The van der Waals surface area contributed by atoms with Crippen LogP contribution in [0.25, 0.3) is 11.0 Å². The standard InChI is InChI=1S/C24H23N3O2/c1-17-10-11-20(13-23(17)29-2)24(28)25-14-18-6-5-7-19(12-18)15-27-16-26-21-8-3-4-9-22(21)27/h3-13,16H,14-15H2,1-2H3,(H,25,28). The van der Waals surface area contributed by atoms with Gasteiger partial charge in [0.05, 0.1) is 24.5 Å². The summed E-state index contributed by atoms with van der Waals surface area (Å²) in [5.41, 5.74) is 5.91. The van der Waals surface area contributed by atoms with Gasteiger partial charge in [-0.1, -0.05) is 42.5 Å². The number of carbonyl (C=O) groups excluding carboxylic acids is 1. The lowest BCUT2D eigenvalue weighted by atomic mass is 10.1. The fourth-order valence-corrected chi connectivity index (χ4v) is 3.42. The third-order valence-corrected chi connectivity index (χ3v) is 4.99. The molecule has 5 heteroatoms. The van der Waals surface area contributed by atoms with Crippen molar-refractivity contribution in [1.29, 1.82) is 0 Å². The van der Waals surface area contributed by atoms with Crippen molar-refractivity contribution >= 4 is 16.9 Å². The fourth-order valence-electron chi connectivity index (χ4n) is 3.42.